The topological polar surface area (TPSA) is 105 Å². The Hall–Kier alpha value is -4.64. The van der Waals surface area contributed by atoms with Crippen molar-refractivity contribution in [2.45, 2.75) is 51.7 Å². The number of ether oxygens (including phenoxy) is 4. The molecule has 0 radical (unpaired) electrons. The average molecular weight is 699 g/mol. The first-order chi connectivity index (χ1) is 23.5. The smallest absolute Gasteiger partial charge is 0.344 e. The van der Waals surface area contributed by atoms with Gasteiger partial charge in [0.2, 0.25) is 0 Å². The van der Waals surface area contributed by atoms with Crippen molar-refractivity contribution in [1.82, 2.24) is 0 Å². The van der Waals surface area contributed by atoms with Gasteiger partial charge in [-0.2, -0.15) is 0 Å². The highest BCUT2D eigenvalue weighted by atomic mass is 32.1. The quantitative estimate of drug-likeness (QED) is 0.0577. The van der Waals surface area contributed by atoms with Crippen molar-refractivity contribution in [1.29, 1.82) is 0 Å². The Bertz CT molecular complexity index is 2160. The van der Waals surface area contributed by atoms with E-state index >= 15 is 0 Å². The van der Waals surface area contributed by atoms with Crippen LogP contribution in [0, 0.1) is 0 Å². The van der Waals surface area contributed by atoms with Gasteiger partial charge in [0.05, 0.1) is 0 Å². The molecule has 3 aromatic carbocycles. The molecule has 49 heavy (non-hydrogen) atoms. The minimum absolute atomic E-state index is 0.0192. The van der Waals surface area contributed by atoms with E-state index in [2.05, 4.69) is 13.2 Å². The van der Waals surface area contributed by atoms with Gasteiger partial charge in [0.15, 0.2) is 23.2 Å². The van der Waals surface area contributed by atoms with Crippen molar-refractivity contribution < 1.29 is 28.5 Å². The van der Waals surface area contributed by atoms with Gasteiger partial charge in [0.25, 0.3) is 0 Å². The third-order valence-electron chi connectivity index (χ3n) is 7.99. The van der Waals surface area contributed by atoms with Crippen molar-refractivity contribution in [3.8, 4) is 11.5 Å². The number of rotatable bonds is 16. The molecule has 5 aromatic rings. The number of unbranched alkanes of at least 4 members (excludes halogenated alkanes) is 1. The van der Waals surface area contributed by atoms with E-state index < -0.39 is 17.7 Å². The van der Waals surface area contributed by atoms with Crippen LogP contribution in [0.1, 0.15) is 50.5 Å². The molecule has 2 aromatic heterocycles. The lowest BCUT2D eigenvalue weighted by molar-refractivity contribution is -0.159. The first-order valence-electron chi connectivity index (χ1n) is 15.9. The number of Topliss-reactive ketones (excluding diaryl/α,β-unsaturated/α-hetero) is 1. The normalized spacial score (nSPS) is 12.1. The van der Waals surface area contributed by atoms with Crippen LogP contribution >= 0.6 is 22.7 Å². The predicted octanol–water partition coefficient (Wildman–Crippen LogP) is 8.20. The Morgan fingerprint density at radius 1 is 0.796 bits per heavy atom. The average Bonchev–Trinajstić information content (AvgIpc) is 3.09. The lowest BCUT2D eigenvalue weighted by Gasteiger charge is -2.25. The largest absolute Gasteiger partial charge is 0.486 e. The van der Waals surface area contributed by atoms with Gasteiger partial charge in [-0.05, 0) is 88.6 Å². The molecule has 2 heterocycles. The molecule has 8 nitrogen and oxygen atoms in total. The van der Waals surface area contributed by atoms with Gasteiger partial charge in [-0.15, -0.1) is 22.7 Å². The Balaban J connectivity index is 1.02. The van der Waals surface area contributed by atoms with Gasteiger partial charge >= 0.3 is 5.97 Å². The summed E-state index contributed by atoms with van der Waals surface area (Å²) in [6.07, 6.45) is 4.50. The van der Waals surface area contributed by atoms with E-state index in [4.69, 9.17) is 18.9 Å². The summed E-state index contributed by atoms with van der Waals surface area (Å²) in [5.41, 5.74) is -0.354. The summed E-state index contributed by atoms with van der Waals surface area (Å²) in [7, 11) is 0. The van der Waals surface area contributed by atoms with Crippen LogP contribution in [0.15, 0.2) is 83.4 Å². The summed E-state index contributed by atoms with van der Waals surface area (Å²) in [4.78, 5) is 51.5. The Labute approximate surface area is 292 Å². The first-order valence-corrected chi connectivity index (χ1v) is 17.6. The lowest BCUT2D eigenvalue weighted by atomic mass is 10.0. The van der Waals surface area contributed by atoms with Gasteiger partial charge in [-0.1, -0.05) is 37.4 Å². The lowest BCUT2D eigenvalue weighted by Crippen LogP contribution is -2.31. The van der Waals surface area contributed by atoms with Crippen LogP contribution in [-0.4, -0.2) is 43.3 Å². The van der Waals surface area contributed by atoms with Crippen molar-refractivity contribution in [3.05, 3.63) is 105 Å². The first kappa shape index (κ1) is 35.7. The monoisotopic (exact) mass is 698 g/mol. The van der Waals surface area contributed by atoms with Crippen molar-refractivity contribution in [2.24, 2.45) is 0 Å². The standard InChI is InChI=1S/C39H38O8S2/c1-6-27-32(7-2)48-34-21-26(15-16-29(34)37(27)42)46-23-36(41)47-39(4,5)18-10-11-19-44-24(3)31(40)22-45-25-14-17-30-35(20-25)49-33-13-9-8-12-28(33)38(30)43/h6-9,12-17,20-21,24H,1-2,10-11,18-19,22-23H2,3-5H3. The number of carbonyl (C=O) groups excluding carboxylic acids is 2. The molecule has 0 aliphatic heterocycles. The minimum atomic E-state index is -0.724. The number of benzene rings is 3. The summed E-state index contributed by atoms with van der Waals surface area (Å²) < 4.78 is 25.3. The van der Waals surface area contributed by atoms with Crippen molar-refractivity contribution in [2.75, 3.05) is 19.8 Å². The number of esters is 1. The van der Waals surface area contributed by atoms with E-state index in [1.807, 2.05) is 38.1 Å². The minimum Gasteiger partial charge on any atom is -0.486 e. The third kappa shape index (κ3) is 8.70. The second kappa shape index (κ2) is 15.7. The van der Waals surface area contributed by atoms with Crippen molar-refractivity contribution >= 4 is 76.8 Å². The molecule has 0 fully saturated rings. The van der Waals surface area contributed by atoms with E-state index in [0.29, 0.717) is 52.7 Å². The highest BCUT2D eigenvalue weighted by molar-refractivity contribution is 7.24. The van der Waals surface area contributed by atoms with Crippen LogP contribution in [-0.2, 0) is 19.1 Å². The van der Waals surface area contributed by atoms with Crippen LogP contribution in [0.3, 0.4) is 0 Å². The number of fused-ring (bicyclic) bond motifs is 3. The molecule has 1 unspecified atom stereocenters. The summed E-state index contributed by atoms with van der Waals surface area (Å²) in [5.74, 6) is 0.275. The van der Waals surface area contributed by atoms with Crippen LogP contribution in [0.25, 0.3) is 42.4 Å². The van der Waals surface area contributed by atoms with E-state index in [1.54, 1.807) is 49.4 Å². The zero-order chi connectivity index (χ0) is 35.1. The molecule has 1 atom stereocenters. The summed E-state index contributed by atoms with van der Waals surface area (Å²) in [5, 5.41) is 1.86. The molecule has 254 valence electrons. The molecule has 10 heteroatoms. The molecule has 0 saturated heterocycles. The van der Waals surface area contributed by atoms with Gasteiger partial charge in [-0.25, -0.2) is 4.79 Å². The molecule has 0 amide bonds. The molecule has 0 aliphatic rings. The van der Waals surface area contributed by atoms with Gasteiger partial charge in [-0.3, -0.25) is 14.4 Å². The Morgan fingerprint density at radius 2 is 1.43 bits per heavy atom. The van der Waals surface area contributed by atoms with E-state index in [1.165, 1.54) is 28.7 Å². The third-order valence-corrected chi connectivity index (χ3v) is 10.3. The zero-order valence-electron chi connectivity index (χ0n) is 27.7. The SMILES string of the molecule is C=Cc1sc2cc(OCC(=O)OC(C)(C)CCCCOC(C)C(=O)COc3ccc4c(=O)c5ccccc5sc4c3)ccc2c(=O)c1C=C. The molecule has 0 saturated carbocycles. The van der Waals surface area contributed by atoms with Crippen LogP contribution in [0.4, 0.5) is 0 Å². The van der Waals surface area contributed by atoms with Gasteiger partial charge < -0.3 is 18.9 Å². The highest BCUT2D eigenvalue weighted by Gasteiger charge is 2.23. The van der Waals surface area contributed by atoms with Crippen molar-refractivity contribution in [3.63, 3.8) is 0 Å². The Kier molecular flexibility index (Phi) is 11.4. The highest BCUT2D eigenvalue weighted by Crippen LogP contribution is 2.29. The zero-order valence-corrected chi connectivity index (χ0v) is 29.4. The van der Waals surface area contributed by atoms with E-state index in [-0.39, 0.29) is 29.9 Å². The number of hydrogen-bond acceptors (Lipinski definition) is 10. The molecule has 5 rings (SSSR count). The fourth-order valence-corrected chi connectivity index (χ4v) is 7.47. The fraction of sp³-hybridized carbons (Fsp3) is 0.282. The second-order valence-corrected chi connectivity index (χ2v) is 14.3. The number of carbonyl (C=O) groups is 2. The second-order valence-electron chi connectivity index (χ2n) is 12.1. The maximum Gasteiger partial charge on any atom is 0.344 e. The fourth-order valence-electron chi connectivity index (χ4n) is 5.32. The maximum atomic E-state index is 12.8. The number of ketones is 1. The molecule has 0 N–H and O–H groups in total. The summed E-state index contributed by atoms with van der Waals surface area (Å²) in [6, 6.07) is 17.8. The molecule has 0 spiro atoms. The summed E-state index contributed by atoms with van der Waals surface area (Å²) in [6.45, 7) is 12.8. The van der Waals surface area contributed by atoms with Crippen LogP contribution in [0.2, 0.25) is 0 Å². The van der Waals surface area contributed by atoms with Crippen LogP contribution in [0.5, 0.6) is 11.5 Å². The van der Waals surface area contributed by atoms with E-state index in [0.717, 1.165) is 25.4 Å². The van der Waals surface area contributed by atoms with Crippen LogP contribution < -0.4 is 20.3 Å². The molecule has 0 aliphatic carbocycles. The van der Waals surface area contributed by atoms with E-state index in [9.17, 15) is 19.2 Å². The maximum absolute atomic E-state index is 12.8. The number of hydrogen-bond donors (Lipinski definition) is 0. The Morgan fingerprint density at radius 3 is 2.12 bits per heavy atom. The summed E-state index contributed by atoms with van der Waals surface area (Å²) >= 11 is 2.91. The van der Waals surface area contributed by atoms with Gasteiger partial charge in [0, 0.05) is 47.3 Å². The predicted molar refractivity (Wildman–Crippen MR) is 199 cm³/mol. The molecule has 0 bridgehead atoms. The molecular formula is C39H38O8S2. The van der Waals surface area contributed by atoms with Gasteiger partial charge in [0.1, 0.15) is 29.8 Å². The molecular weight excluding hydrogens is 661 g/mol.